The van der Waals surface area contributed by atoms with Gasteiger partial charge in [0, 0.05) is 5.02 Å². The van der Waals surface area contributed by atoms with E-state index < -0.39 is 23.8 Å². The van der Waals surface area contributed by atoms with Gasteiger partial charge in [0.15, 0.2) is 6.10 Å². The summed E-state index contributed by atoms with van der Waals surface area (Å²) in [5, 5.41) is 2.96. The Hall–Kier alpha value is -1.92. The topological polar surface area (TPSA) is 38.3 Å². The number of benzene rings is 2. The summed E-state index contributed by atoms with van der Waals surface area (Å²) in [7, 11) is 0. The standard InChI is InChI=1S/C18H16Cl2F3NO2/c1-9-6-13(7-10(2)16(9)20)26-11(3)17(25)24-15-8-12(18(21,22)23)4-5-14(15)19/h4-8,11H,1-3H3,(H,24,25)/t11-/m1/s1. The fourth-order valence-corrected chi connectivity index (χ4v) is 2.54. The van der Waals surface area contributed by atoms with Gasteiger partial charge in [0.1, 0.15) is 5.75 Å². The van der Waals surface area contributed by atoms with Crippen LogP contribution in [0.2, 0.25) is 10.0 Å². The molecule has 0 aliphatic heterocycles. The van der Waals surface area contributed by atoms with Crippen molar-refractivity contribution < 1.29 is 22.7 Å². The van der Waals surface area contributed by atoms with E-state index in [2.05, 4.69) is 5.32 Å². The van der Waals surface area contributed by atoms with Crippen LogP contribution in [0.1, 0.15) is 23.6 Å². The Morgan fingerprint density at radius 1 is 1.12 bits per heavy atom. The minimum Gasteiger partial charge on any atom is -0.481 e. The maximum Gasteiger partial charge on any atom is 0.416 e. The molecule has 0 aliphatic rings. The van der Waals surface area contributed by atoms with Gasteiger partial charge >= 0.3 is 6.18 Å². The zero-order valence-corrected chi connectivity index (χ0v) is 15.7. The number of amides is 1. The van der Waals surface area contributed by atoms with Crippen LogP contribution in [-0.2, 0) is 11.0 Å². The van der Waals surface area contributed by atoms with Crippen LogP contribution in [0.5, 0.6) is 5.75 Å². The molecule has 0 saturated heterocycles. The largest absolute Gasteiger partial charge is 0.481 e. The van der Waals surface area contributed by atoms with E-state index in [0.717, 1.165) is 29.3 Å². The lowest BCUT2D eigenvalue weighted by atomic mass is 10.1. The number of carbonyl (C=O) groups is 1. The number of nitrogens with one attached hydrogen (secondary N) is 1. The van der Waals surface area contributed by atoms with Crippen LogP contribution in [0.15, 0.2) is 30.3 Å². The molecule has 1 atom stereocenters. The SMILES string of the molecule is Cc1cc(O[C@H](C)C(=O)Nc2cc(C(F)(F)F)ccc2Cl)cc(C)c1Cl. The third kappa shape index (κ3) is 4.83. The number of halogens is 5. The van der Waals surface area contributed by atoms with Crippen LogP contribution < -0.4 is 10.1 Å². The van der Waals surface area contributed by atoms with E-state index in [0.29, 0.717) is 10.8 Å². The smallest absolute Gasteiger partial charge is 0.416 e. The molecule has 2 aromatic rings. The molecule has 3 nitrogen and oxygen atoms in total. The summed E-state index contributed by atoms with van der Waals surface area (Å²) in [6, 6.07) is 6.06. The van der Waals surface area contributed by atoms with Crippen molar-refractivity contribution in [2.75, 3.05) is 5.32 Å². The molecule has 0 spiro atoms. The zero-order valence-electron chi connectivity index (χ0n) is 14.2. The van der Waals surface area contributed by atoms with E-state index in [1.54, 1.807) is 26.0 Å². The van der Waals surface area contributed by atoms with E-state index in [1.807, 2.05) is 0 Å². The number of hydrogen-bond donors (Lipinski definition) is 1. The van der Waals surface area contributed by atoms with Crippen LogP contribution in [0.4, 0.5) is 18.9 Å². The summed E-state index contributed by atoms with van der Waals surface area (Å²) in [4.78, 5) is 12.3. The number of ether oxygens (including phenoxy) is 1. The normalized spacial score (nSPS) is 12.6. The van der Waals surface area contributed by atoms with Gasteiger partial charge in [-0.2, -0.15) is 13.2 Å². The lowest BCUT2D eigenvalue weighted by molar-refractivity contribution is -0.137. The van der Waals surface area contributed by atoms with Crippen molar-refractivity contribution >= 4 is 34.8 Å². The van der Waals surface area contributed by atoms with Gasteiger partial charge in [0.05, 0.1) is 16.3 Å². The summed E-state index contributed by atoms with van der Waals surface area (Å²) < 4.78 is 44.0. The first-order valence-corrected chi connectivity index (χ1v) is 8.35. The highest BCUT2D eigenvalue weighted by molar-refractivity contribution is 6.33. The summed E-state index contributed by atoms with van der Waals surface area (Å²) in [5.41, 5.74) is 0.533. The molecule has 0 saturated carbocycles. The highest BCUT2D eigenvalue weighted by Crippen LogP contribution is 2.34. The average molecular weight is 406 g/mol. The van der Waals surface area contributed by atoms with Crippen LogP contribution in [-0.4, -0.2) is 12.0 Å². The molecule has 1 amide bonds. The molecule has 0 heterocycles. The fraction of sp³-hybridized carbons (Fsp3) is 0.278. The number of rotatable bonds is 4. The summed E-state index contributed by atoms with van der Waals surface area (Å²) in [5.74, 6) is -0.196. The highest BCUT2D eigenvalue weighted by Gasteiger charge is 2.31. The van der Waals surface area contributed by atoms with Crippen LogP contribution in [0.25, 0.3) is 0 Å². The molecular formula is C18H16Cl2F3NO2. The van der Waals surface area contributed by atoms with Gasteiger partial charge in [-0.3, -0.25) is 4.79 Å². The van der Waals surface area contributed by atoms with Crippen molar-refractivity contribution in [3.05, 3.63) is 57.1 Å². The molecule has 0 fully saturated rings. The maximum atomic E-state index is 12.8. The molecule has 0 aromatic heterocycles. The Kier molecular flexibility index (Phi) is 6.09. The minimum absolute atomic E-state index is 0.00303. The number of alkyl halides is 3. The molecule has 0 aliphatic carbocycles. The third-order valence-corrected chi connectivity index (χ3v) is 4.57. The monoisotopic (exact) mass is 405 g/mol. The van der Waals surface area contributed by atoms with Crippen molar-refractivity contribution in [3.8, 4) is 5.75 Å². The predicted octanol–water partition coefficient (Wildman–Crippen LogP) is 6.04. The van der Waals surface area contributed by atoms with Gasteiger partial charge in [-0.15, -0.1) is 0 Å². The third-order valence-electron chi connectivity index (χ3n) is 3.64. The summed E-state index contributed by atoms with van der Waals surface area (Å²) in [6.07, 6.45) is -5.49. The number of aryl methyl sites for hydroxylation is 2. The average Bonchev–Trinajstić information content (AvgIpc) is 2.53. The van der Waals surface area contributed by atoms with Gasteiger partial charge in [-0.05, 0) is 62.2 Å². The van der Waals surface area contributed by atoms with Crippen LogP contribution in [0.3, 0.4) is 0 Å². The molecule has 140 valence electrons. The van der Waals surface area contributed by atoms with Crippen molar-refractivity contribution in [2.45, 2.75) is 33.1 Å². The van der Waals surface area contributed by atoms with Crippen molar-refractivity contribution in [3.63, 3.8) is 0 Å². The predicted molar refractivity (Wildman–Crippen MR) is 96.1 cm³/mol. The van der Waals surface area contributed by atoms with Gasteiger partial charge in [0.25, 0.3) is 5.91 Å². The van der Waals surface area contributed by atoms with E-state index in [1.165, 1.54) is 6.92 Å². The Morgan fingerprint density at radius 3 is 2.23 bits per heavy atom. The van der Waals surface area contributed by atoms with Crippen LogP contribution in [0, 0.1) is 13.8 Å². The zero-order chi connectivity index (χ0) is 19.6. The van der Waals surface area contributed by atoms with Crippen molar-refractivity contribution in [1.29, 1.82) is 0 Å². The lowest BCUT2D eigenvalue weighted by Crippen LogP contribution is -2.30. The van der Waals surface area contributed by atoms with Crippen molar-refractivity contribution in [2.24, 2.45) is 0 Å². The second-order valence-electron chi connectivity index (χ2n) is 5.81. The summed E-state index contributed by atoms with van der Waals surface area (Å²) in [6.45, 7) is 5.08. The molecule has 2 rings (SSSR count). The van der Waals surface area contributed by atoms with Crippen molar-refractivity contribution in [1.82, 2.24) is 0 Å². The van der Waals surface area contributed by atoms with E-state index in [-0.39, 0.29) is 10.7 Å². The first-order valence-electron chi connectivity index (χ1n) is 7.60. The molecular weight excluding hydrogens is 390 g/mol. The number of anilines is 1. The fourth-order valence-electron chi connectivity index (χ4n) is 2.26. The first kappa shape index (κ1) is 20.4. The molecule has 0 radical (unpaired) electrons. The van der Waals surface area contributed by atoms with Gasteiger partial charge in [-0.1, -0.05) is 23.2 Å². The Balaban J connectivity index is 2.15. The highest BCUT2D eigenvalue weighted by atomic mass is 35.5. The van der Waals surface area contributed by atoms with Gasteiger partial charge < -0.3 is 10.1 Å². The first-order chi connectivity index (χ1) is 12.0. The van der Waals surface area contributed by atoms with E-state index in [4.69, 9.17) is 27.9 Å². The molecule has 26 heavy (non-hydrogen) atoms. The second-order valence-corrected chi connectivity index (χ2v) is 6.60. The quantitative estimate of drug-likeness (QED) is 0.673. The maximum absolute atomic E-state index is 12.8. The van der Waals surface area contributed by atoms with Gasteiger partial charge in [0.2, 0.25) is 0 Å². The second kappa shape index (κ2) is 7.76. The minimum atomic E-state index is -4.54. The molecule has 0 unspecified atom stereocenters. The molecule has 0 bridgehead atoms. The van der Waals surface area contributed by atoms with E-state index in [9.17, 15) is 18.0 Å². The Morgan fingerprint density at radius 2 is 1.69 bits per heavy atom. The molecule has 8 heteroatoms. The number of hydrogen-bond acceptors (Lipinski definition) is 2. The Labute approximate surface area is 159 Å². The van der Waals surface area contributed by atoms with E-state index >= 15 is 0 Å². The Bertz CT molecular complexity index is 815. The molecule has 1 N–H and O–H groups in total. The molecule has 2 aromatic carbocycles. The summed E-state index contributed by atoms with van der Waals surface area (Å²) >= 11 is 12.0. The van der Waals surface area contributed by atoms with Crippen LogP contribution >= 0.6 is 23.2 Å². The number of carbonyl (C=O) groups excluding carboxylic acids is 1. The van der Waals surface area contributed by atoms with Gasteiger partial charge in [-0.25, -0.2) is 0 Å². The lowest BCUT2D eigenvalue weighted by Gasteiger charge is -2.17.